The van der Waals surface area contributed by atoms with Gasteiger partial charge in [0.15, 0.2) is 6.04 Å². The van der Waals surface area contributed by atoms with Gasteiger partial charge in [0.2, 0.25) is 23.6 Å². The number of aliphatic hydroxyl groups excluding tert-OH is 1. The lowest BCUT2D eigenvalue weighted by molar-refractivity contribution is -0.145. The molecular formula is C23H35N5O7. The number of amides is 4. The van der Waals surface area contributed by atoms with Gasteiger partial charge in [0.05, 0.1) is 12.1 Å². The normalized spacial score (nSPS) is 15.3. The number of hydrogen-bond acceptors (Lipinski definition) is 7. The molecule has 0 fully saturated rings. The second-order valence-electron chi connectivity index (χ2n) is 8.65. The predicted molar refractivity (Wildman–Crippen MR) is 126 cm³/mol. The molecular weight excluding hydrogens is 458 g/mol. The van der Waals surface area contributed by atoms with E-state index in [1.165, 1.54) is 6.92 Å². The van der Waals surface area contributed by atoms with Gasteiger partial charge in [-0.15, -0.1) is 0 Å². The van der Waals surface area contributed by atoms with Crippen LogP contribution in [0.3, 0.4) is 0 Å². The van der Waals surface area contributed by atoms with E-state index in [0.29, 0.717) is 5.56 Å². The lowest BCUT2D eigenvalue weighted by Crippen LogP contribution is -2.59. The first kappa shape index (κ1) is 29.5. The molecule has 1 aromatic rings. The monoisotopic (exact) mass is 493 g/mol. The Bertz CT molecular complexity index is 892. The zero-order chi connectivity index (χ0) is 26.7. The lowest BCUT2D eigenvalue weighted by atomic mass is 10.0. The lowest BCUT2D eigenvalue weighted by Gasteiger charge is -2.26. The highest BCUT2D eigenvalue weighted by atomic mass is 16.4. The van der Waals surface area contributed by atoms with Crippen molar-refractivity contribution in [1.29, 1.82) is 0 Å². The molecule has 0 saturated heterocycles. The molecule has 0 aromatic heterocycles. The zero-order valence-corrected chi connectivity index (χ0v) is 20.1. The van der Waals surface area contributed by atoms with Gasteiger partial charge in [0.25, 0.3) is 0 Å². The summed E-state index contributed by atoms with van der Waals surface area (Å²) in [5.41, 5.74) is 11.7. The number of carbonyl (C=O) groups excluding carboxylic acids is 4. The average molecular weight is 494 g/mol. The van der Waals surface area contributed by atoms with Crippen molar-refractivity contribution in [3.05, 3.63) is 35.9 Å². The number of hydrogen-bond donors (Lipinski definition) is 7. The standard InChI is InChI=1S/C23H35N5O7/c1-12(2)18(25)22(33)26-15(9-10-17(24)30)20(31)27-16(11-14-7-5-4-6-8-14)21(32)28-19(13(3)29)23(34)35/h4-8,12-13,15-16,18-19,29H,9-11,25H2,1-3H3,(H2,24,30)(H,26,33)(H,27,31)(H,28,32)(H,34,35). The Balaban J connectivity index is 3.15. The van der Waals surface area contributed by atoms with Crippen LogP contribution >= 0.6 is 0 Å². The number of nitrogens with one attached hydrogen (secondary N) is 3. The van der Waals surface area contributed by atoms with Gasteiger partial charge < -0.3 is 37.6 Å². The van der Waals surface area contributed by atoms with E-state index in [2.05, 4.69) is 16.0 Å². The van der Waals surface area contributed by atoms with Gasteiger partial charge >= 0.3 is 5.97 Å². The molecule has 194 valence electrons. The number of aliphatic carboxylic acids is 1. The Hall–Kier alpha value is -3.51. The average Bonchev–Trinajstić information content (AvgIpc) is 2.78. The Morgan fingerprint density at radius 2 is 1.43 bits per heavy atom. The minimum Gasteiger partial charge on any atom is -0.480 e. The Morgan fingerprint density at radius 1 is 0.886 bits per heavy atom. The number of carbonyl (C=O) groups is 5. The van der Waals surface area contributed by atoms with Gasteiger partial charge in [-0.3, -0.25) is 19.2 Å². The van der Waals surface area contributed by atoms with Crippen LogP contribution in [0.5, 0.6) is 0 Å². The van der Waals surface area contributed by atoms with E-state index in [0.717, 1.165) is 0 Å². The molecule has 0 heterocycles. The summed E-state index contributed by atoms with van der Waals surface area (Å²) in [6, 6.07) is 3.65. The molecule has 12 heteroatoms. The van der Waals surface area contributed by atoms with Crippen LogP contribution in [0.25, 0.3) is 0 Å². The van der Waals surface area contributed by atoms with E-state index in [1.54, 1.807) is 44.2 Å². The van der Waals surface area contributed by atoms with Crippen LogP contribution in [0, 0.1) is 5.92 Å². The van der Waals surface area contributed by atoms with Gasteiger partial charge in [-0.25, -0.2) is 4.79 Å². The summed E-state index contributed by atoms with van der Waals surface area (Å²) < 4.78 is 0. The first-order chi connectivity index (χ1) is 16.3. The van der Waals surface area contributed by atoms with Gasteiger partial charge in [0, 0.05) is 12.8 Å². The molecule has 1 aromatic carbocycles. The second kappa shape index (κ2) is 14.0. The maximum atomic E-state index is 13.1. The third-order valence-electron chi connectivity index (χ3n) is 5.30. The molecule has 9 N–H and O–H groups in total. The molecule has 4 amide bonds. The highest BCUT2D eigenvalue weighted by Crippen LogP contribution is 2.07. The summed E-state index contributed by atoms with van der Waals surface area (Å²) in [6.45, 7) is 4.66. The molecule has 1 rings (SSSR count). The quantitative estimate of drug-likeness (QED) is 0.160. The Kier molecular flexibility index (Phi) is 11.8. The summed E-state index contributed by atoms with van der Waals surface area (Å²) in [5, 5.41) is 26.2. The first-order valence-corrected chi connectivity index (χ1v) is 11.2. The number of nitrogens with two attached hydrogens (primary N) is 2. The topological polar surface area (TPSA) is 214 Å². The summed E-state index contributed by atoms with van der Waals surface area (Å²) in [4.78, 5) is 61.1. The van der Waals surface area contributed by atoms with E-state index in [-0.39, 0.29) is 25.2 Å². The highest BCUT2D eigenvalue weighted by Gasteiger charge is 2.32. The predicted octanol–water partition coefficient (Wildman–Crippen LogP) is -1.60. The smallest absolute Gasteiger partial charge is 0.328 e. The van der Waals surface area contributed by atoms with Crippen molar-refractivity contribution in [2.75, 3.05) is 0 Å². The Morgan fingerprint density at radius 3 is 1.91 bits per heavy atom. The number of carboxylic acid groups (broad SMARTS) is 1. The SMILES string of the molecule is CC(C)C(N)C(=O)NC(CCC(N)=O)C(=O)NC(Cc1ccccc1)C(=O)NC(C(=O)O)C(C)O. The van der Waals surface area contributed by atoms with Crippen LogP contribution in [0.1, 0.15) is 39.2 Å². The van der Waals surface area contributed by atoms with Gasteiger partial charge in [-0.05, 0) is 24.8 Å². The third-order valence-corrected chi connectivity index (χ3v) is 5.30. The number of carboxylic acids is 1. The fourth-order valence-electron chi connectivity index (χ4n) is 3.10. The van der Waals surface area contributed by atoms with E-state index in [4.69, 9.17) is 11.5 Å². The Labute approximate surface area is 203 Å². The number of rotatable bonds is 14. The van der Waals surface area contributed by atoms with Crippen molar-refractivity contribution in [3.8, 4) is 0 Å². The van der Waals surface area contributed by atoms with E-state index in [9.17, 15) is 34.2 Å². The fourth-order valence-corrected chi connectivity index (χ4v) is 3.10. The summed E-state index contributed by atoms with van der Waals surface area (Å²) in [6.07, 6.45) is -1.76. The van der Waals surface area contributed by atoms with Crippen LogP contribution < -0.4 is 27.4 Å². The molecule has 0 saturated carbocycles. The number of benzene rings is 1. The molecule has 35 heavy (non-hydrogen) atoms. The van der Waals surface area contributed by atoms with Crippen molar-refractivity contribution in [2.24, 2.45) is 17.4 Å². The van der Waals surface area contributed by atoms with E-state index >= 15 is 0 Å². The molecule has 0 aliphatic rings. The molecule has 5 atom stereocenters. The highest BCUT2D eigenvalue weighted by molar-refractivity contribution is 5.94. The van der Waals surface area contributed by atoms with Crippen molar-refractivity contribution < 1.29 is 34.2 Å². The van der Waals surface area contributed by atoms with Gasteiger partial charge in [-0.1, -0.05) is 44.2 Å². The van der Waals surface area contributed by atoms with Gasteiger partial charge in [-0.2, -0.15) is 0 Å². The van der Waals surface area contributed by atoms with Crippen LogP contribution in [-0.4, -0.2) is 70.1 Å². The molecule has 0 bridgehead atoms. The zero-order valence-electron chi connectivity index (χ0n) is 20.1. The molecule has 0 spiro atoms. The fraction of sp³-hybridized carbons (Fsp3) is 0.522. The van der Waals surface area contributed by atoms with Crippen molar-refractivity contribution in [2.45, 2.75) is 70.3 Å². The maximum Gasteiger partial charge on any atom is 0.328 e. The van der Waals surface area contributed by atoms with Crippen LogP contribution in [0.15, 0.2) is 30.3 Å². The molecule has 0 aliphatic carbocycles. The second-order valence-corrected chi connectivity index (χ2v) is 8.65. The third kappa shape index (κ3) is 10.1. The van der Waals surface area contributed by atoms with Crippen molar-refractivity contribution >= 4 is 29.6 Å². The summed E-state index contributed by atoms with van der Waals surface area (Å²) in [7, 11) is 0. The summed E-state index contributed by atoms with van der Waals surface area (Å²) >= 11 is 0. The van der Waals surface area contributed by atoms with E-state index < -0.39 is 59.9 Å². The maximum absolute atomic E-state index is 13.1. The minimum absolute atomic E-state index is 0.00739. The van der Waals surface area contributed by atoms with Crippen LogP contribution in [0.2, 0.25) is 0 Å². The molecule has 5 unspecified atom stereocenters. The van der Waals surface area contributed by atoms with Crippen LogP contribution in [-0.2, 0) is 30.4 Å². The van der Waals surface area contributed by atoms with Crippen molar-refractivity contribution in [3.63, 3.8) is 0 Å². The van der Waals surface area contributed by atoms with Gasteiger partial charge in [0.1, 0.15) is 12.1 Å². The van der Waals surface area contributed by atoms with Crippen molar-refractivity contribution in [1.82, 2.24) is 16.0 Å². The largest absolute Gasteiger partial charge is 0.480 e. The number of primary amides is 1. The number of aliphatic hydroxyl groups is 1. The molecule has 0 aliphatic heterocycles. The van der Waals surface area contributed by atoms with E-state index in [1.807, 2.05) is 0 Å². The van der Waals surface area contributed by atoms with Crippen LogP contribution in [0.4, 0.5) is 0 Å². The molecule has 0 radical (unpaired) electrons. The molecule has 12 nitrogen and oxygen atoms in total. The minimum atomic E-state index is -1.60. The first-order valence-electron chi connectivity index (χ1n) is 11.2. The summed E-state index contributed by atoms with van der Waals surface area (Å²) in [5.74, 6) is -4.61.